The molecular weight excluding hydrogens is 465 g/mol. The van der Waals surface area contributed by atoms with Crippen molar-refractivity contribution in [3.05, 3.63) is 101 Å². The summed E-state index contributed by atoms with van der Waals surface area (Å²) in [5.74, 6) is 0.0629. The van der Waals surface area contributed by atoms with Crippen LogP contribution in [-0.2, 0) is 22.6 Å². The number of amides is 2. The Balaban J connectivity index is 1.65. The molecule has 0 saturated carbocycles. The number of hydrogen-bond acceptors (Lipinski definition) is 6. The molecule has 0 spiro atoms. The minimum atomic E-state index is -0.794. The standard InChI is InChI=1S/C27H26FN3O5/c1-34-21-8-4-5-17(14-21)9-11-22-24(26(32)36-16-18-6-3-7-20(28)13-18)25(31-27(33)30-22)19-10-12-23(35-2)29-15-19/h3-8,10,12-15,25H,9,11,16H2,1-2H3,(H2,30,31,33). The van der Waals surface area contributed by atoms with Gasteiger partial charge in [-0.1, -0.05) is 24.3 Å². The van der Waals surface area contributed by atoms with E-state index < -0.39 is 23.9 Å². The van der Waals surface area contributed by atoms with Gasteiger partial charge in [0.25, 0.3) is 0 Å². The SMILES string of the molecule is COc1cccc(CCC2=C(C(=O)OCc3cccc(F)c3)C(c3ccc(OC)nc3)NC(=O)N2)c1. The zero-order valence-electron chi connectivity index (χ0n) is 19.9. The maximum atomic E-state index is 13.6. The highest BCUT2D eigenvalue weighted by Gasteiger charge is 2.34. The van der Waals surface area contributed by atoms with E-state index in [0.717, 1.165) is 5.56 Å². The first-order valence-corrected chi connectivity index (χ1v) is 11.3. The predicted molar refractivity (Wildman–Crippen MR) is 130 cm³/mol. The first-order valence-electron chi connectivity index (χ1n) is 11.3. The van der Waals surface area contributed by atoms with E-state index in [1.165, 1.54) is 25.4 Å². The zero-order chi connectivity index (χ0) is 25.5. The van der Waals surface area contributed by atoms with E-state index in [1.54, 1.807) is 31.4 Å². The summed E-state index contributed by atoms with van der Waals surface area (Å²) in [5.41, 5.74) is 2.76. The maximum absolute atomic E-state index is 13.6. The third-order valence-corrected chi connectivity index (χ3v) is 5.73. The number of aromatic nitrogens is 1. The number of aryl methyl sites for hydroxylation is 1. The van der Waals surface area contributed by atoms with Gasteiger partial charge in [0.1, 0.15) is 18.2 Å². The number of rotatable bonds is 9. The van der Waals surface area contributed by atoms with Crippen LogP contribution in [0.4, 0.5) is 9.18 Å². The lowest BCUT2D eigenvalue weighted by Crippen LogP contribution is -2.46. The van der Waals surface area contributed by atoms with Crippen LogP contribution in [0.25, 0.3) is 0 Å². The van der Waals surface area contributed by atoms with E-state index >= 15 is 0 Å². The van der Waals surface area contributed by atoms with Gasteiger partial charge in [-0.2, -0.15) is 0 Å². The van der Waals surface area contributed by atoms with Gasteiger partial charge in [0.15, 0.2) is 0 Å². The van der Waals surface area contributed by atoms with Crippen molar-refractivity contribution in [3.63, 3.8) is 0 Å². The molecule has 0 radical (unpaired) electrons. The second kappa shape index (κ2) is 11.4. The summed E-state index contributed by atoms with van der Waals surface area (Å²) in [7, 11) is 3.09. The van der Waals surface area contributed by atoms with Crippen LogP contribution in [0, 0.1) is 5.82 Å². The summed E-state index contributed by atoms with van der Waals surface area (Å²) >= 11 is 0. The number of halogens is 1. The van der Waals surface area contributed by atoms with Gasteiger partial charge in [-0.25, -0.2) is 19.0 Å². The van der Waals surface area contributed by atoms with Crippen LogP contribution in [0.15, 0.2) is 78.1 Å². The van der Waals surface area contributed by atoms with Crippen LogP contribution < -0.4 is 20.1 Å². The number of pyridine rings is 1. The monoisotopic (exact) mass is 491 g/mol. The number of carbonyl (C=O) groups excluding carboxylic acids is 2. The highest BCUT2D eigenvalue weighted by atomic mass is 19.1. The van der Waals surface area contributed by atoms with Gasteiger partial charge < -0.3 is 24.8 Å². The van der Waals surface area contributed by atoms with Gasteiger partial charge in [-0.15, -0.1) is 0 Å². The van der Waals surface area contributed by atoms with Gasteiger partial charge >= 0.3 is 12.0 Å². The Bertz CT molecular complexity index is 1280. The topological polar surface area (TPSA) is 98.8 Å². The first kappa shape index (κ1) is 24.7. The fourth-order valence-electron chi connectivity index (χ4n) is 3.94. The number of allylic oxidation sites excluding steroid dienone is 1. The van der Waals surface area contributed by atoms with Crippen LogP contribution >= 0.6 is 0 Å². The van der Waals surface area contributed by atoms with Crippen molar-refractivity contribution < 1.29 is 28.2 Å². The third kappa shape index (κ3) is 5.99. The molecule has 1 aliphatic heterocycles. The number of nitrogens with zero attached hydrogens (tertiary/aromatic N) is 1. The highest BCUT2D eigenvalue weighted by molar-refractivity contribution is 5.95. The molecular formula is C27H26FN3O5. The molecule has 2 amide bonds. The molecule has 0 bridgehead atoms. The molecule has 2 aromatic carbocycles. The number of esters is 1. The quantitative estimate of drug-likeness (QED) is 0.435. The fraction of sp³-hybridized carbons (Fsp3) is 0.222. The first-order chi connectivity index (χ1) is 17.5. The zero-order valence-corrected chi connectivity index (χ0v) is 19.9. The molecule has 4 rings (SSSR count). The molecule has 2 N–H and O–H groups in total. The Labute approximate surface area is 208 Å². The van der Waals surface area contributed by atoms with E-state index in [2.05, 4.69) is 15.6 Å². The molecule has 2 heterocycles. The normalized spacial score (nSPS) is 15.1. The smallest absolute Gasteiger partial charge is 0.338 e. The highest BCUT2D eigenvalue weighted by Crippen LogP contribution is 2.30. The molecule has 1 aliphatic rings. The Morgan fingerprint density at radius 2 is 1.81 bits per heavy atom. The van der Waals surface area contributed by atoms with Crippen LogP contribution in [-0.4, -0.2) is 31.2 Å². The van der Waals surface area contributed by atoms with Gasteiger partial charge in [-0.3, -0.25) is 0 Å². The van der Waals surface area contributed by atoms with Gasteiger partial charge in [0.2, 0.25) is 5.88 Å². The lowest BCUT2D eigenvalue weighted by atomic mass is 9.94. The summed E-state index contributed by atoms with van der Waals surface area (Å²) in [5, 5.41) is 5.55. The van der Waals surface area contributed by atoms with E-state index in [0.29, 0.717) is 41.3 Å². The largest absolute Gasteiger partial charge is 0.497 e. The van der Waals surface area contributed by atoms with Crippen LogP contribution in [0.1, 0.15) is 29.2 Å². The van der Waals surface area contributed by atoms with Crippen molar-refractivity contribution in [2.75, 3.05) is 14.2 Å². The lowest BCUT2D eigenvalue weighted by molar-refractivity contribution is -0.140. The Morgan fingerprint density at radius 3 is 2.53 bits per heavy atom. The van der Waals surface area contributed by atoms with E-state index in [4.69, 9.17) is 14.2 Å². The Hall–Kier alpha value is -4.40. The summed E-state index contributed by atoms with van der Waals surface area (Å²) < 4.78 is 29.5. The third-order valence-electron chi connectivity index (χ3n) is 5.73. The van der Waals surface area contributed by atoms with Gasteiger partial charge in [-0.05, 0) is 59.9 Å². The number of ether oxygens (including phenoxy) is 3. The molecule has 8 nitrogen and oxygen atoms in total. The fourth-order valence-corrected chi connectivity index (χ4v) is 3.94. The summed E-state index contributed by atoms with van der Waals surface area (Å²) in [6.07, 6.45) is 2.45. The van der Waals surface area contributed by atoms with Crippen molar-refractivity contribution in [1.82, 2.24) is 15.6 Å². The van der Waals surface area contributed by atoms with Crippen molar-refractivity contribution >= 4 is 12.0 Å². The van der Waals surface area contributed by atoms with Crippen LogP contribution in [0.3, 0.4) is 0 Å². The number of urea groups is 1. The van der Waals surface area contributed by atoms with Gasteiger partial charge in [0, 0.05) is 18.0 Å². The number of carbonyl (C=O) groups is 2. The van der Waals surface area contributed by atoms with Crippen molar-refractivity contribution in [3.8, 4) is 11.6 Å². The minimum Gasteiger partial charge on any atom is -0.497 e. The molecule has 9 heteroatoms. The second-order valence-electron chi connectivity index (χ2n) is 8.12. The average molecular weight is 492 g/mol. The molecule has 1 aromatic heterocycles. The molecule has 3 aromatic rings. The molecule has 1 atom stereocenters. The van der Waals surface area contributed by atoms with Crippen molar-refractivity contribution in [2.24, 2.45) is 0 Å². The maximum Gasteiger partial charge on any atom is 0.338 e. The van der Waals surface area contributed by atoms with E-state index in [1.807, 2.05) is 24.3 Å². The number of benzene rings is 2. The molecule has 0 saturated heterocycles. The number of hydrogen-bond donors (Lipinski definition) is 2. The summed E-state index contributed by atoms with van der Waals surface area (Å²) in [4.78, 5) is 30.1. The predicted octanol–water partition coefficient (Wildman–Crippen LogP) is 4.22. The Morgan fingerprint density at radius 1 is 1.00 bits per heavy atom. The molecule has 186 valence electrons. The molecule has 0 aliphatic carbocycles. The average Bonchev–Trinajstić information content (AvgIpc) is 2.90. The Kier molecular flexibility index (Phi) is 7.79. The molecule has 0 fully saturated rings. The van der Waals surface area contributed by atoms with E-state index in [9.17, 15) is 14.0 Å². The van der Waals surface area contributed by atoms with Crippen molar-refractivity contribution in [1.29, 1.82) is 0 Å². The van der Waals surface area contributed by atoms with Gasteiger partial charge in [0.05, 0.1) is 25.8 Å². The van der Waals surface area contributed by atoms with Crippen LogP contribution in [0.2, 0.25) is 0 Å². The molecule has 36 heavy (non-hydrogen) atoms. The number of nitrogens with one attached hydrogen (secondary N) is 2. The van der Waals surface area contributed by atoms with Crippen LogP contribution in [0.5, 0.6) is 11.6 Å². The summed E-state index contributed by atoms with van der Waals surface area (Å²) in [6.45, 7) is -0.120. The summed E-state index contributed by atoms with van der Waals surface area (Å²) in [6, 6.07) is 15.5. The van der Waals surface area contributed by atoms with E-state index in [-0.39, 0.29) is 12.2 Å². The second-order valence-corrected chi connectivity index (χ2v) is 8.12. The lowest BCUT2D eigenvalue weighted by Gasteiger charge is -2.29. The van der Waals surface area contributed by atoms with Crippen molar-refractivity contribution in [2.45, 2.75) is 25.5 Å². The number of methoxy groups -OCH3 is 2. The minimum absolute atomic E-state index is 0.120. The molecule has 1 unspecified atom stereocenters.